The van der Waals surface area contributed by atoms with Crippen LogP contribution in [0, 0.1) is 0 Å². The highest BCUT2D eigenvalue weighted by Gasteiger charge is 2.10. The Labute approximate surface area is 102 Å². The number of nitrogens with zero attached hydrogens (tertiary/aromatic N) is 2. The summed E-state index contributed by atoms with van der Waals surface area (Å²) in [4.78, 5) is 14.4. The van der Waals surface area contributed by atoms with Crippen molar-refractivity contribution in [3.05, 3.63) is 5.82 Å². The van der Waals surface area contributed by atoms with Crippen molar-refractivity contribution in [2.24, 2.45) is 0 Å². The van der Waals surface area contributed by atoms with E-state index in [0.29, 0.717) is 22.0 Å². The molecule has 16 heavy (non-hydrogen) atoms. The van der Waals surface area contributed by atoms with E-state index in [-0.39, 0.29) is 5.75 Å². The Hall–Kier alpha value is -0.690. The fraction of sp³-hybridized carbons (Fsp3) is 0.667. The van der Waals surface area contributed by atoms with Gasteiger partial charge in [-0.1, -0.05) is 30.8 Å². The maximum Gasteiger partial charge on any atom is 0.314 e. The molecule has 0 aliphatic carbocycles. The minimum atomic E-state index is -0.890. The van der Waals surface area contributed by atoms with Crippen LogP contribution in [0.3, 0.4) is 0 Å². The number of carbonyl (C=O) groups is 1. The second-order valence-electron chi connectivity index (χ2n) is 3.19. The van der Waals surface area contributed by atoms with Gasteiger partial charge in [0.05, 0.1) is 5.75 Å². The van der Waals surface area contributed by atoms with Crippen molar-refractivity contribution < 1.29 is 14.4 Å². The average Bonchev–Trinajstić information content (AvgIpc) is 2.71. The van der Waals surface area contributed by atoms with Gasteiger partial charge in [-0.15, -0.1) is 0 Å². The van der Waals surface area contributed by atoms with E-state index >= 15 is 0 Å². The summed E-state index contributed by atoms with van der Waals surface area (Å²) < 4.78 is 4.91. The van der Waals surface area contributed by atoms with Gasteiger partial charge in [0.15, 0.2) is 5.82 Å². The Bertz CT molecular complexity index is 343. The Morgan fingerprint density at radius 3 is 3.00 bits per heavy atom. The molecule has 0 aliphatic rings. The molecule has 0 aliphatic heterocycles. The zero-order chi connectivity index (χ0) is 12.0. The number of hydrogen-bond donors (Lipinski definition) is 1. The van der Waals surface area contributed by atoms with Gasteiger partial charge in [0.25, 0.3) is 5.22 Å². The van der Waals surface area contributed by atoms with E-state index in [2.05, 4.69) is 24.0 Å². The first kappa shape index (κ1) is 13.4. The SMILES string of the molecule is CCC(C)SCc1noc(SCC(=O)O)n1. The van der Waals surface area contributed by atoms with Crippen molar-refractivity contribution in [1.29, 1.82) is 0 Å². The molecule has 5 nitrogen and oxygen atoms in total. The van der Waals surface area contributed by atoms with Crippen LogP contribution in [0.5, 0.6) is 0 Å². The van der Waals surface area contributed by atoms with Crippen molar-refractivity contribution in [3.8, 4) is 0 Å². The standard InChI is InChI=1S/C9H14N2O3S2/c1-3-6(2)15-4-7-10-9(14-11-7)16-5-8(12)13/h6H,3-5H2,1-2H3,(H,12,13). The largest absolute Gasteiger partial charge is 0.481 e. The van der Waals surface area contributed by atoms with Crippen LogP contribution in [0.4, 0.5) is 0 Å². The zero-order valence-corrected chi connectivity index (χ0v) is 10.8. The molecule has 0 radical (unpaired) electrons. The molecule has 1 aromatic heterocycles. The summed E-state index contributed by atoms with van der Waals surface area (Å²) in [6.45, 7) is 4.27. The molecule has 90 valence electrons. The second-order valence-corrected chi connectivity index (χ2v) is 5.54. The Morgan fingerprint density at radius 2 is 2.38 bits per heavy atom. The van der Waals surface area contributed by atoms with E-state index in [4.69, 9.17) is 9.63 Å². The highest BCUT2D eigenvalue weighted by molar-refractivity contribution is 7.99. The molecule has 0 amide bonds. The Kier molecular flexibility index (Phi) is 5.68. The molecule has 1 N–H and O–H groups in total. The minimum absolute atomic E-state index is 0.0554. The van der Waals surface area contributed by atoms with Crippen LogP contribution in [-0.4, -0.2) is 32.2 Å². The van der Waals surface area contributed by atoms with Crippen LogP contribution in [0.1, 0.15) is 26.1 Å². The summed E-state index contributed by atoms with van der Waals surface area (Å²) in [6.07, 6.45) is 1.10. The molecule has 1 heterocycles. The fourth-order valence-corrected chi connectivity index (χ4v) is 2.11. The minimum Gasteiger partial charge on any atom is -0.481 e. The zero-order valence-electron chi connectivity index (χ0n) is 9.17. The number of thioether (sulfide) groups is 2. The molecular weight excluding hydrogens is 248 g/mol. The Morgan fingerprint density at radius 1 is 1.62 bits per heavy atom. The number of aliphatic carboxylic acids is 1. The number of carboxylic acid groups (broad SMARTS) is 1. The molecule has 7 heteroatoms. The van der Waals surface area contributed by atoms with Crippen LogP contribution in [0.2, 0.25) is 0 Å². The molecule has 0 fully saturated rings. The lowest BCUT2D eigenvalue weighted by atomic mass is 10.4. The normalized spacial score (nSPS) is 12.6. The number of hydrogen-bond acceptors (Lipinski definition) is 6. The predicted molar refractivity (Wildman–Crippen MR) is 63.7 cm³/mol. The molecular formula is C9H14N2O3S2. The molecule has 1 atom stereocenters. The van der Waals surface area contributed by atoms with Crippen LogP contribution < -0.4 is 0 Å². The van der Waals surface area contributed by atoms with E-state index in [0.717, 1.165) is 18.2 Å². The quantitative estimate of drug-likeness (QED) is 0.755. The number of rotatable bonds is 7. The van der Waals surface area contributed by atoms with E-state index in [1.807, 2.05) is 0 Å². The monoisotopic (exact) mass is 262 g/mol. The lowest BCUT2D eigenvalue weighted by molar-refractivity contribution is -0.133. The topological polar surface area (TPSA) is 76.2 Å². The Balaban J connectivity index is 2.36. The first-order chi connectivity index (χ1) is 7.61. The van der Waals surface area contributed by atoms with Gasteiger partial charge < -0.3 is 9.63 Å². The van der Waals surface area contributed by atoms with Crippen molar-refractivity contribution in [2.45, 2.75) is 36.5 Å². The molecule has 0 bridgehead atoms. The van der Waals surface area contributed by atoms with Crippen LogP contribution in [0.15, 0.2) is 9.75 Å². The lowest BCUT2D eigenvalue weighted by Gasteiger charge is -2.04. The third-order valence-corrected chi connectivity index (χ3v) is 3.97. The number of aromatic nitrogens is 2. The van der Waals surface area contributed by atoms with Gasteiger partial charge in [-0.2, -0.15) is 16.7 Å². The van der Waals surface area contributed by atoms with Gasteiger partial charge in [0, 0.05) is 5.25 Å². The van der Waals surface area contributed by atoms with Crippen molar-refractivity contribution in [3.63, 3.8) is 0 Å². The van der Waals surface area contributed by atoms with Gasteiger partial charge in [-0.05, 0) is 6.42 Å². The van der Waals surface area contributed by atoms with E-state index in [9.17, 15) is 4.79 Å². The van der Waals surface area contributed by atoms with E-state index < -0.39 is 5.97 Å². The predicted octanol–water partition coefficient (Wildman–Crippen LogP) is 2.28. The van der Waals surface area contributed by atoms with Crippen molar-refractivity contribution in [1.82, 2.24) is 10.1 Å². The van der Waals surface area contributed by atoms with Crippen molar-refractivity contribution >= 4 is 29.5 Å². The summed E-state index contributed by atoms with van der Waals surface area (Å²) in [5.41, 5.74) is 0. The molecule has 0 spiro atoms. The summed E-state index contributed by atoms with van der Waals surface area (Å²) in [5.74, 6) is 0.378. The average molecular weight is 262 g/mol. The van der Waals surface area contributed by atoms with E-state index in [1.54, 1.807) is 11.8 Å². The van der Waals surface area contributed by atoms with Crippen molar-refractivity contribution in [2.75, 3.05) is 5.75 Å². The smallest absolute Gasteiger partial charge is 0.314 e. The maximum atomic E-state index is 10.3. The number of carboxylic acids is 1. The van der Waals surface area contributed by atoms with Crippen LogP contribution in [-0.2, 0) is 10.5 Å². The highest BCUT2D eigenvalue weighted by atomic mass is 32.2. The molecule has 0 saturated carbocycles. The van der Waals surface area contributed by atoms with Crippen LogP contribution >= 0.6 is 23.5 Å². The molecule has 1 unspecified atom stereocenters. The fourth-order valence-electron chi connectivity index (χ4n) is 0.813. The molecule has 1 rings (SSSR count). The van der Waals surface area contributed by atoms with Gasteiger partial charge in [-0.3, -0.25) is 4.79 Å². The van der Waals surface area contributed by atoms with E-state index in [1.165, 1.54) is 0 Å². The first-order valence-corrected chi connectivity index (χ1v) is 6.94. The lowest BCUT2D eigenvalue weighted by Crippen LogP contribution is -1.97. The summed E-state index contributed by atoms with van der Waals surface area (Å²) in [7, 11) is 0. The molecule has 0 aromatic carbocycles. The van der Waals surface area contributed by atoms with Gasteiger partial charge >= 0.3 is 5.97 Å². The molecule has 0 saturated heterocycles. The van der Waals surface area contributed by atoms with Crippen LogP contribution in [0.25, 0.3) is 0 Å². The summed E-state index contributed by atoms with van der Waals surface area (Å²) in [5, 5.41) is 13.1. The van der Waals surface area contributed by atoms with Gasteiger partial charge in [0.1, 0.15) is 5.75 Å². The van der Waals surface area contributed by atoms with Gasteiger partial charge in [-0.25, -0.2) is 0 Å². The maximum absolute atomic E-state index is 10.3. The summed E-state index contributed by atoms with van der Waals surface area (Å²) in [6, 6.07) is 0. The first-order valence-electron chi connectivity index (χ1n) is 4.90. The third-order valence-electron chi connectivity index (χ3n) is 1.84. The van der Waals surface area contributed by atoms with Gasteiger partial charge in [0.2, 0.25) is 0 Å². The highest BCUT2D eigenvalue weighted by Crippen LogP contribution is 2.20. The summed E-state index contributed by atoms with van der Waals surface area (Å²) >= 11 is 2.80. The third kappa shape index (κ3) is 4.89. The second kappa shape index (κ2) is 6.80. The molecule has 1 aromatic rings.